The van der Waals surface area contributed by atoms with Gasteiger partial charge >= 0.3 is 11.9 Å². The Hall–Kier alpha value is -3.59. The lowest BCUT2D eigenvalue weighted by atomic mass is 10.1. The van der Waals surface area contributed by atoms with Gasteiger partial charge in [0.1, 0.15) is 11.6 Å². The Balaban J connectivity index is 2.32. The van der Waals surface area contributed by atoms with Crippen LogP contribution in [0.2, 0.25) is 0 Å². The van der Waals surface area contributed by atoms with Gasteiger partial charge in [0.25, 0.3) is 0 Å². The average Bonchev–Trinajstić information content (AvgIpc) is 2.68. The van der Waals surface area contributed by atoms with Crippen LogP contribution >= 0.6 is 0 Å². The Labute approximate surface area is 164 Å². The molecule has 0 fully saturated rings. The summed E-state index contributed by atoms with van der Waals surface area (Å²) in [4.78, 5) is 24.2. The standard InChI is InChI=1S/C22H21NO5/c1-4-26-20-13-16(12-17(14-23)21(24)27-5-2)10-11-19(20)28-22(25)18-9-7-6-8-15(18)3/h6-13H,4-5H2,1-3H3/b17-12+. The molecule has 2 rings (SSSR count). The van der Waals surface area contributed by atoms with Crippen LogP contribution in [0.15, 0.2) is 48.0 Å². The van der Waals surface area contributed by atoms with E-state index >= 15 is 0 Å². The van der Waals surface area contributed by atoms with Crippen LogP contribution in [0.1, 0.15) is 35.3 Å². The summed E-state index contributed by atoms with van der Waals surface area (Å²) in [6.45, 7) is 5.82. The van der Waals surface area contributed by atoms with Gasteiger partial charge in [-0.2, -0.15) is 5.26 Å². The fourth-order valence-corrected chi connectivity index (χ4v) is 2.44. The van der Waals surface area contributed by atoms with E-state index < -0.39 is 11.9 Å². The maximum absolute atomic E-state index is 12.5. The molecule has 2 aromatic rings. The molecule has 0 amide bonds. The minimum absolute atomic E-state index is 0.131. The molecule has 6 nitrogen and oxygen atoms in total. The summed E-state index contributed by atoms with van der Waals surface area (Å²) in [5.74, 6) is -0.606. The number of nitrogens with zero attached hydrogens (tertiary/aromatic N) is 1. The van der Waals surface area contributed by atoms with Crippen LogP contribution in [0.3, 0.4) is 0 Å². The van der Waals surface area contributed by atoms with Crippen molar-refractivity contribution in [2.75, 3.05) is 13.2 Å². The van der Waals surface area contributed by atoms with Crippen molar-refractivity contribution in [1.82, 2.24) is 0 Å². The minimum atomic E-state index is -0.696. The third-order valence-electron chi connectivity index (χ3n) is 3.76. The third kappa shape index (κ3) is 5.21. The maximum atomic E-state index is 12.5. The van der Waals surface area contributed by atoms with Crippen LogP contribution in [0.5, 0.6) is 11.5 Å². The van der Waals surface area contributed by atoms with E-state index in [9.17, 15) is 9.59 Å². The van der Waals surface area contributed by atoms with E-state index in [0.717, 1.165) is 5.56 Å². The van der Waals surface area contributed by atoms with Crippen molar-refractivity contribution < 1.29 is 23.8 Å². The highest BCUT2D eigenvalue weighted by atomic mass is 16.6. The van der Waals surface area contributed by atoms with Gasteiger partial charge in [-0.3, -0.25) is 0 Å². The van der Waals surface area contributed by atoms with Crippen molar-refractivity contribution >= 4 is 18.0 Å². The molecule has 0 bridgehead atoms. The molecule has 0 saturated heterocycles. The van der Waals surface area contributed by atoms with Crippen molar-refractivity contribution in [3.63, 3.8) is 0 Å². The molecule has 0 atom stereocenters. The van der Waals surface area contributed by atoms with Crippen LogP contribution in [0, 0.1) is 18.3 Å². The maximum Gasteiger partial charge on any atom is 0.348 e. The molecule has 28 heavy (non-hydrogen) atoms. The minimum Gasteiger partial charge on any atom is -0.490 e. The monoisotopic (exact) mass is 379 g/mol. The number of carbonyl (C=O) groups excluding carboxylic acids is 2. The quantitative estimate of drug-likeness (QED) is 0.312. The molecule has 0 spiro atoms. The topological polar surface area (TPSA) is 85.6 Å². The zero-order valence-corrected chi connectivity index (χ0v) is 16.0. The SMILES string of the molecule is CCOC(=O)/C(C#N)=C/c1ccc(OC(=O)c2ccccc2C)c(OCC)c1. The molecule has 0 heterocycles. The summed E-state index contributed by atoms with van der Waals surface area (Å²) < 4.78 is 15.9. The van der Waals surface area contributed by atoms with Gasteiger partial charge in [0.15, 0.2) is 11.5 Å². The predicted octanol–water partition coefficient (Wildman–Crippen LogP) is 4.08. The Kier molecular flexibility index (Phi) is 7.35. The van der Waals surface area contributed by atoms with Gasteiger partial charge in [-0.15, -0.1) is 0 Å². The second kappa shape index (κ2) is 9.93. The molecule has 2 aromatic carbocycles. The fourth-order valence-electron chi connectivity index (χ4n) is 2.44. The van der Waals surface area contributed by atoms with Gasteiger partial charge in [0.2, 0.25) is 0 Å². The van der Waals surface area contributed by atoms with E-state index in [1.807, 2.05) is 25.1 Å². The fraction of sp³-hybridized carbons (Fsp3) is 0.227. The Morgan fingerprint density at radius 1 is 1.07 bits per heavy atom. The number of nitriles is 1. The number of hydrogen-bond donors (Lipinski definition) is 0. The summed E-state index contributed by atoms with van der Waals surface area (Å²) in [5.41, 5.74) is 1.68. The molecule has 0 N–H and O–H groups in total. The largest absolute Gasteiger partial charge is 0.490 e. The van der Waals surface area contributed by atoms with Crippen LogP contribution in [0.25, 0.3) is 6.08 Å². The van der Waals surface area contributed by atoms with Crippen molar-refractivity contribution in [1.29, 1.82) is 5.26 Å². The number of ether oxygens (including phenoxy) is 3. The first kappa shape index (κ1) is 20.7. The van der Waals surface area contributed by atoms with E-state index in [1.165, 1.54) is 6.08 Å². The molecule has 0 unspecified atom stereocenters. The third-order valence-corrected chi connectivity index (χ3v) is 3.76. The first-order chi connectivity index (χ1) is 13.5. The molecule has 0 aliphatic rings. The van der Waals surface area contributed by atoms with E-state index in [0.29, 0.717) is 23.5 Å². The predicted molar refractivity (Wildman–Crippen MR) is 104 cm³/mol. The molecule has 0 saturated carbocycles. The first-order valence-corrected chi connectivity index (χ1v) is 8.83. The van der Waals surface area contributed by atoms with Gasteiger partial charge in [-0.25, -0.2) is 9.59 Å². The lowest BCUT2D eigenvalue weighted by Gasteiger charge is -2.12. The van der Waals surface area contributed by atoms with Crippen molar-refractivity contribution in [3.05, 3.63) is 64.7 Å². The second-order valence-electron chi connectivity index (χ2n) is 5.73. The highest BCUT2D eigenvalue weighted by molar-refractivity contribution is 5.98. The van der Waals surface area contributed by atoms with Crippen LogP contribution in [0.4, 0.5) is 0 Å². The molecule has 0 aliphatic heterocycles. The number of hydrogen-bond acceptors (Lipinski definition) is 6. The van der Waals surface area contributed by atoms with E-state index in [4.69, 9.17) is 19.5 Å². The van der Waals surface area contributed by atoms with Crippen molar-refractivity contribution in [3.8, 4) is 17.6 Å². The molecule has 144 valence electrons. The number of rotatable bonds is 7. The average molecular weight is 379 g/mol. The summed E-state index contributed by atoms with van der Waals surface area (Å²) >= 11 is 0. The van der Waals surface area contributed by atoms with Gasteiger partial charge in [0, 0.05) is 0 Å². The lowest BCUT2D eigenvalue weighted by molar-refractivity contribution is -0.137. The lowest BCUT2D eigenvalue weighted by Crippen LogP contribution is -2.11. The summed E-state index contributed by atoms with van der Waals surface area (Å²) in [6.07, 6.45) is 1.40. The number of esters is 2. The van der Waals surface area contributed by atoms with Gasteiger partial charge in [-0.1, -0.05) is 24.3 Å². The number of carbonyl (C=O) groups is 2. The summed E-state index contributed by atoms with van der Waals surface area (Å²) in [6, 6.07) is 13.7. The molecule has 0 aliphatic carbocycles. The van der Waals surface area contributed by atoms with Crippen LogP contribution in [-0.4, -0.2) is 25.2 Å². The molecule has 0 aromatic heterocycles. The van der Waals surface area contributed by atoms with Crippen LogP contribution in [-0.2, 0) is 9.53 Å². The smallest absolute Gasteiger partial charge is 0.348 e. The van der Waals surface area contributed by atoms with E-state index in [2.05, 4.69) is 0 Å². The zero-order chi connectivity index (χ0) is 20.5. The normalized spacial score (nSPS) is 10.7. The van der Waals surface area contributed by atoms with Crippen LogP contribution < -0.4 is 9.47 Å². The number of benzene rings is 2. The van der Waals surface area contributed by atoms with E-state index in [1.54, 1.807) is 44.2 Å². The Morgan fingerprint density at radius 3 is 2.46 bits per heavy atom. The van der Waals surface area contributed by atoms with Gasteiger partial charge < -0.3 is 14.2 Å². The van der Waals surface area contributed by atoms with Crippen molar-refractivity contribution in [2.24, 2.45) is 0 Å². The van der Waals surface area contributed by atoms with Gasteiger partial charge in [-0.05, 0) is 56.2 Å². The Bertz CT molecular complexity index is 940. The highest BCUT2D eigenvalue weighted by Gasteiger charge is 2.16. The molecule has 6 heteroatoms. The first-order valence-electron chi connectivity index (χ1n) is 8.83. The molecular formula is C22H21NO5. The Morgan fingerprint density at radius 2 is 1.82 bits per heavy atom. The summed E-state index contributed by atoms with van der Waals surface area (Å²) in [7, 11) is 0. The second-order valence-corrected chi connectivity index (χ2v) is 5.73. The van der Waals surface area contributed by atoms with Crippen molar-refractivity contribution in [2.45, 2.75) is 20.8 Å². The number of aryl methyl sites for hydroxylation is 1. The van der Waals surface area contributed by atoms with E-state index in [-0.39, 0.29) is 17.9 Å². The highest BCUT2D eigenvalue weighted by Crippen LogP contribution is 2.30. The molecular weight excluding hydrogens is 358 g/mol. The van der Waals surface area contributed by atoms with Gasteiger partial charge in [0.05, 0.1) is 18.8 Å². The molecule has 0 radical (unpaired) electrons. The summed E-state index contributed by atoms with van der Waals surface area (Å²) in [5, 5.41) is 9.16. The zero-order valence-electron chi connectivity index (χ0n) is 16.0.